The second-order valence-electron chi connectivity index (χ2n) is 4.55. The largest absolute Gasteiger partial charge is 0.413 e. The Balaban J connectivity index is 1.97. The molecule has 0 unspecified atom stereocenters. The lowest BCUT2D eigenvalue weighted by Crippen LogP contribution is -2.32. The Morgan fingerprint density at radius 3 is 2.75 bits per heavy atom. The Bertz CT molecular complexity index is 317. The summed E-state index contributed by atoms with van der Waals surface area (Å²) >= 11 is 0. The molecule has 1 aromatic rings. The highest BCUT2D eigenvalue weighted by molar-refractivity contribution is 6.49. The number of benzene rings is 1. The average Bonchev–Trinajstić information content (AvgIpc) is 2.69. The van der Waals surface area contributed by atoms with Gasteiger partial charge in [-0.3, -0.25) is 0 Å². The quantitative estimate of drug-likeness (QED) is 0.782. The molecule has 2 nitrogen and oxygen atoms in total. The molecule has 1 fully saturated rings. The van der Waals surface area contributed by atoms with E-state index in [4.69, 9.17) is 4.65 Å². The minimum Gasteiger partial charge on any atom is -0.413 e. The van der Waals surface area contributed by atoms with E-state index in [0.29, 0.717) is 6.04 Å². The zero-order valence-electron chi connectivity index (χ0n) is 10.1. The van der Waals surface area contributed by atoms with Gasteiger partial charge in [-0.1, -0.05) is 50.1 Å². The maximum Gasteiger partial charge on any atom is 0.380 e. The molecule has 3 heteroatoms. The summed E-state index contributed by atoms with van der Waals surface area (Å²) in [6, 6.07) is 10.9. The van der Waals surface area contributed by atoms with Gasteiger partial charge in [-0.05, 0) is 18.8 Å². The molecule has 1 aliphatic rings. The smallest absolute Gasteiger partial charge is 0.380 e. The molecule has 0 aliphatic carbocycles. The predicted octanol–water partition coefficient (Wildman–Crippen LogP) is 3.02. The Labute approximate surface area is 98.5 Å². The highest BCUT2D eigenvalue weighted by Gasteiger charge is 2.34. The van der Waals surface area contributed by atoms with Gasteiger partial charge in [0.2, 0.25) is 0 Å². The Hall–Kier alpha value is -0.795. The fourth-order valence-corrected chi connectivity index (χ4v) is 2.27. The van der Waals surface area contributed by atoms with Crippen LogP contribution in [0.15, 0.2) is 30.3 Å². The zero-order chi connectivity index (χ0) is 11.4. The van der Waals surface area contributed by atoms with Gasteiger partial charge in [0.15, 0.2) is 0 Å². The van der Waals surface area contributed by atoms with E-state index in [0.717, 1.165) is 6.32 Å². The molecular weight excluding hydrogens is 197 g/mol. The normalized spacial score (nSPS) is 25.0. The van der Waals surface area contributed by atoms with Crippen LogP contribution < -0.4 is 5.23 Å². The third kappa shape index (κ3) is 2.66. The van der Waals surface area contributed by atoms with Crippen molar-refractivity contribution in [1.82, 2.24) is 5.23 Å². The Kier molecular flexibility index (Phi) is 4.02. The van der Waals surface area contributed by atoms with E-state index >= 15 is 0 Å². The number of unbranched alkanes of at least 4 members (excludes halogenated alkanes) is 1. The molecule has 1 N–H and O–H groups in total. The van der Waals surface area contributed by atoms with Crippen molar-refractivity contribution >= 4 is 7.05 Å². The second kappa shape index (κ2) is 5.51. The van der Waals surface area contributed by atoms with Crippen LogP contribution in [0, 0.1) is 0 Å². The van der Waals surface area contributed by atoms with Crippen LogP contribution in [0.3, 0.4) is 0 Å². The van der Waals surface area contributed by atoms with Gasteiger partial charge in [-0.25, -0.2) is 0 Å². The van der Waals surface area contributed by atoms with Gasteiger partial charge in [-0.2, -0.15) is 0 Å². The van der Waals surface area contributed by atoms with Crippen LogP contribution in [-0.4, -0.2) is 13.1 Å². The molecule has 0 aromatic heterocycles. The Morgan fingerprint density at radius 2 is 2.06 bits per heavy atom. The lowest BCUT2D eigenvalue weighted by molar-refractivity contribution is 0.219. The second-order valence-corrected chi connectivity index (χ2v) is 4.55. The predicted molar refractivity (Wildman–Crippen MR) is 68.3 cm³/mol. The van der Waals surface area contributed by atoms with E-state index in [1.165, 1.54) is 18.4 Å². The first kappa shape index (κ1) is 11.7. The summed E-state index contributed by atoms with van der Waals surface area (Å²) in [6.45, 7) is 4.41. The van der Waals surface area contributed by atoms with Crippen molar-refractivity contribution in [2.45, 2.75) is 45.2 Å². The molecule has 1 heterocycles. The molecular formula is C13H20BNO. The molecule has 0 amide bonds. The van der Waals surface area contributed by atoms with Crippen LogP contribution in [-0.2, 0) is 4.65 Å². The number of hydrogen-bond donors (Lipinski definition) is 1. The van der Waals surface area contributed by atoms with Gasteiger partial charge in [0.25, 0.3) is 0 Å². The standard InChI is InChI=1S/C13H20BNO/c1-3-4-10-14-15-11(2)13(16-14)12-8-6-5-7-9-12/h5-9,11,13,15H,3-4,10H2,1-2H3/t11-,13-/m0/s1. The summed E-state index contributed by atoms with van der Waals surface area (Å²) in [4.78, 5) is 0. The van der Waals surface area contributed by atoms with Gasteiger partial charge in [0.1, 0.15) is 0 Å². The van der Waals surface area contributed by atoms with Crippen LogP contribution in [0.25, 0.3) is 0 Å². The number of nitrogens with one attached hydrogen (secondary N) is 1. The molecule has 86 valence electrons. The fraction of sp³-hybridized carbons (Fsp3) is 0.538. The lowest BCUT2D eigenvalue weighted by atomic mass is 9.77. The van der Waals surface area contributed by atoms with Crippen LogP contribution in [0.5, 0.6) is 0 Å². The van der Waals surface area contributed by atoms with Gasteiger partial charge in [0, 0.05) is 6.04 Å². The lowest BCUT2D eigenvalue weighted by Gasteiger charge is -2.15. The van der Waals surface area contributed by atoms with Crippen LogP contribution >= 0.6 is 0 Å². The van der Waals surface area contributed by atoms with E-state index in [2.05, 4.69) is 43.3 Å². The van der Waals surface area contributed by atoms with E-state index in [9.17, 15) is 0 Å². The first-order valence-electron chi connectivity index (χ1n) is 6.27. The van der Waals surface area contributed by atoms with Gasteiger partial charge >= 0.3 is 7.05 Å². The van der Waals surface area contributed by atoms with Crippen molar-refractivity contribution < 1.29 is 4.65 Å². The maximum atomic E-state index is 6.05. The number of hydrogen-bond acceptors (Lipinski definition) is 2. The summed E-state index contributed by atoms with van der Waals surface area (Å²) < 4.78 is 6.05. The van der Waals surface area contributed by atoms with Gasteiger partial charge < -0.3 is 9.88 Å². The van der Waals surface area contributed by atoms with Crippen molar-refractivity contribution in [3.63, 3.8) is 0 Å². The van der Waals surface area contributed by atoms with E-state index in [1.807, 2.05) is 6.07 Å². The monoisotopic (exact) mass is 217 g/mol. The molecule has 1 aromatic carbocycles. The van der Waals surface area contributed by atoms with Crippen molar-refractivity contribution in [1.29, 1.82) is 0 Å². The third-order valence-corrected chi connectivity index (χ3v) is 3.16. The maximum absolute atomic E-state index is 6.05. The van der Waals surface area contributed by atoms with Crippen molar-refractivity contribution in [2.24, 2.45) is 0 Å². The van der Waals surface area contributed by atoms with Crippen molar-refractivity contribution in [2.75, 3.05) is 0 Å². The topological polar surface area (TPSA) is 21.3 Å². The summed E-state index contributed by atoms with van der Waals surface area (Å²) in [5.74, 6) is 0. The molecule has 16 heavy (non-hydrogen) atoms. The Morgan fingerprint density at radius 1 is 1.31 bits per heavy atom. The van der Waals surface area contributed by atoms with E-state index < -0.39 is 0 Å². The molecule has 2 rings (SSSR count). The van der Waals surface area contributed by atoms with Crippen molar-refractivity contribution in [3.8, 4) is 0 Å². The first-order chi connectivity index (χ1) is 7.81. The highest BCUT2D eigenvalue weighted by Crippen LogP contribution is 2.27. The molecule has 1 saturated heterocycles. The minimum absolute atomic E-state index is 0.211. The summed E-state index contributed by atoms with van der Waals surface area (Å²) in [5, 5.41) is 3.51. The molecule has 0 radical (unpaired) electrons. The summed E-state index contributed by atoms with van der Waals surface area (Å²) in [7, 11) is 0.236. The first-order valence-corrected chi connectivity index (χ1v) is 6.27. The average molecular weight is 217 g/mol. The van der Waals surface area contributed by atoms with Crippen LogP contribution in [0.2, 0.25) is 6.32 Å². The van der Waals surface area contributed by atoms with Gasteiger partial charge in [-0.15, -0.1) is 0 Å². The zero-order valence-corrected chi connectivity index (χ0v) is 10.1. The molecule has 1 aliphatic heterocycles. The third-order valence-electron chi connectivity index (χ3n) is 3.16. The van der Waals surface area contributed by atoms with E-state index in [1.54, 1.807) is 0 Å². The summed E-state index contributed by atoms with van der Waals surface area (Å²) in [5.41, 5.74) is 1.28. The van der Waals surface area contributed by atoms with Crippen LogP contribution in [0.4, 0.5) is 0 Å². The fourth-order valence-electron chi connectivity index (χ4n) is 2.27. The SMILES string of the molecule is CCCCB1N[C@@H](C)[C@@H](c2ccccc2)O1. The molecule has 0 spiro atoms. The molecule has 0 bridgehead atoms. The minimum atomic E-state index is 0.211. The van der Waals surface area contributed by atoms with Gasteiger partial charge in [0.05, 0.1) is 6.10 Å². The van der Waals surface area contributed by atoms with Crippen LogP contribution in [0.1, 0.15) is 38.4 Å². The highest BCUT2D eigenvalue weighted by atomic mass is 16.5. The molecule has 0 saturated carbocycles. The van der Waals surface area contributed by atoms with Crippen molar-refractivity contribution in [3.05, 3.63) is 35.9 Å². The summed E-state index contributed by atoms with van der Waals surface area (Å²) in [6.07, 6.45) is 3.78. The molecule has 2 atom stereocenters. The van der Waals surface area contributed by atoms with E-state index in [-0.39, 0.29) is 13.2 Å². The number of rotatable bonds is 4.